The minimum Gasteiger partial charge on any atom is -0.477 e. The van der Waals surface area contributed by atoms with Gasteiger partial charge in [-0.3, -0.25) is 4.90 Å². The summed E-state index contributed by atoms with van der Waals surface area (Å²) in [6.07, 6.45) is 3.74. The maximum absolute atomic E-state index is 5.95. The molecule has 0 spiro atoms. The van der Waals surface area contributed by atoms with Crippen LogP contribution in [0.1, 0.15) is 24.6 Å². The zero-order chi connectivity index (χ0) is 18.5. The van der Waals surface area contributed by atoms with Crippen LogP contribution < -0.4 is 4.74 Å². The number of hydrogen-bond acceptors (Lipinski definition) is 7. The molecule has 4 rings (SSSR count). The van der Waals surface area contributed by atoms with Gasteiger partial charge in [0.15, 0.2) is 0 Å². The van der Waals surface area contributed by atoms with Crippen LogP contribution in [0.2, 0.25) is 0 Å². The van der Waals surface area contributed by atoms with Crippen LogP contribution in [0.15, 0.2) is 47.1 Å². The summed E-state index contributed by atoms with van der Waals surface area (Å²) < 4.78 is 11.4. The van der Waals surface area contributed by atoms with Gasteiger partial charge in [-0.25, -0.2) is 9.97 Å². The van der Waals surface area contributed by atoms with E-state index in [2.05, 4.69) is 25.1 Å². The normalized spacial score (nSPS) is 15.7. The van der Waals surface area contributed by atoms with Crippen LogP contribution in [0.5, 0.6) is 5.88 Å². The second-order valence-corrected chi connectivity index (χ2v) is 6.85. The van der Waals surface area contributed by atoms with Gasteiger partial charge < -0.3 is 9.15 Å². The molecule has 0 amide bonds. The first-order valence-corrected chi connectivity index (χ1v) is 9.28. The number of hydrogen-bond donors (Lipinski definition) is 0. The van der Waals surface area contributed by atoms with Crippen molar-refractivity contribution in [1.29, 1.82) is 0 Å². The van der Waals surface area contributed by atoms with Gasteiger partial charge >= 0.3 is 0 Å². The van der Waals surface area contributed by atoms with Crippen LogP contribution in [-0.4, -0.2) is 44.8 Å². The Morgan fingerprint density at radius 1 is 1.11 bits per heavy atom. The average molecular weight is 365 g/mol. The lowest BCUT2D eigenvalue weighted by molar-refractivity contribution is 0.127. The molecule has 0 atom stereocenters. The fourth-order valence-electron chi connectivity index (χ4n) is 3.29. The molecule has 2 aromatic heterocycles. The molecule has 3 aromatic rings. The molecule has 7 heteroatoms. The number of benzene rings is 1. The molecule has 1 fully saturated rings. The van der Waals surface area contributed by atoms with Gasteiger partial charge in [0.1, 0.15) is 6.33 Å². The summed E-state index contributed by atoms with van der Waals surface area (Å²) in [5, 5.41) is 7.95. The van der Waals surface area contributed by atoms with E-state index in [-0.39, 0.29) is 0 Å². The Morgan fingerprint density at radius 2 is 1.93 bits per heavy atom. The molecule has 0 N–H and O–H groups in total. The van der Waals surface area contributed by atoms with Gasteiger partial charge in [-0.05, 0) is 31.8 Å². The minimum absolute atomic E-state index is 0.529. The largest absolute Gasteiger partial charge is 0.477 e. The quantitative estimate of drug-likeness (QED) is 0.664. The van der Waals surface area contributed by atoms with E-state index >= 15 is 0 Å². The molecule has 1 aliphatic rings. The van der Waals surface area contributed by atoms with E-state index in [0.29, 0.717) is 30.2 Å². The van der Waals surface area contributed by atoms with Gasteiger partial charge in [-0.15, -0.1) is 10.2 Å². The number of nitrogens with zero attached hydrogens (tertiary/aromatic N) is 5. The predicted molar refractivity (Wildman–Crippen MR) is 100.0 cm³/mol. The van der Waals surface area contributed by atoms with E-state index in [4.69, 9.17) is 9.15 Å². The molecular weight excluding hydrogens is 342 g/mol. The van der Waals surface area contributed by atoms with Crippen LogP contribution >= 0.6 is 0 Å². The number of aryl methyl sites for hydroxylation is 1. The zero-order valence-electron chi connectivity index (χ0n) is 15.4. The molecule has 0 aliphatic carbocycles. The van der Waals surface area contributed by atoms with E-state index in [1.165, 1.54) is 0 Å². The number of ether oxygens (including phenoxy) is 1. The first-order valence-electron chi connectivity index (χ1n) is 9.28. The molecule has 1 saturated heterocycles. The maximum atomic E-state index is 5.95. The van der Waals surface area contributed by atoms with E-state index in [1.807, 2.05) is 43.3 Å². The third-order valence-electron chi connectivity index (χ3n) is 4.81. The topological polar surface area (TPSA) is 77.2 Å². The number of piperidine rings is 1. The van der Waals surface area contributed by atoms with Gasteiger partial charge in [0, 0.05) is 18.6 Å². The summed E-state index contributed by atoms with van der Waals surface area (Å²) in [6.45, 7) is 5.24. The molecule has 0 unspecified atom stereocenters. The Morgan fingerprint density at radius 3 is 2.67 bits per heavy atom. The van der Waals surface area contributed by atoms with Crippen LogP contribution in [0.3, 0.4) is 0 Å². The number of likely N-dealkylation sites (tertiary alicyclic amines) is 1. The van der Waals surface area contributed by atoms with E-state index in [1.54, 1.807) is 6.33 Å². The Balaban J connectivity index is 1.26. The van der Waals surface area contributed by atoms with E-state index < -0.39 is 0 Å². The van der Waals surface area contributed by atoms with E-state index in [9.17, 15) is 0 Å². The van der Waals surface area contributed by atoms with Gasteiger partial charge in [0.2, 0.25) is 17.7 Å². The summed E-state index contributed by atoms with van der Waals surface area (Å²) in [4.78, 5) is 10.9. The maximum Gasteiger partial charge on any atom is 0.230 e. The van der Waals surface area contributed by atoms with Crippen molar-refractivity contribution in [2.24, 2.45) is 5.92 Å². The Kier molecular flexibility index (Phi) is 5.39. The second kappa shape index (κ2) is 8.26. The highest BCUT2D eigenvalue weighted by Gasteiger charge is 2.21. The predicted octanol–water partition coefficient (Wildman–Crippen LogP) is 3.13. The molecule has 3 heterocycles. The lowest BCUT2D eigenvalue weighted by atomic mass is 9.98. The van der Waals surface area contributed by atoms with Gasteiger partial charge in [0.05, 0.1) is 18.8 Å². The van der Waals surface area contributed by atoms with Crippen molar-refractivity contribution >= 4 is 0 Å². The first kappa shape index (κ1) is 17.6. The fraction of sp³-hybridized carbons (Fsp3) is 0.400. The Labute approximate surface area is 158 Å². The van der Waals surface area contributed by atoms with Gasteiger partial charge in [-0.1, -0.05) is 30.3 Å². The zero-order valence-corrected chi connectivity index (χ0v) is 15.4. The second-order valence-electron chi connectivity index (χ2n) is 6.85. The molecular formula is C20H23N5O2. The van der Waals surface area contributed by atoms with Crippen molar-refractivity contribution < 1.29 is 9.15 Å². The van der Waals surface area contributed by atoms with Gasteiger partial charge in [0.25, 0.3) is 0 Å². The lowest BCUT2D eigenvalue weighted by Crippen LogP contribution is -2.35. The van der Waals surface area contributed by atoms with Crippen molar-refractivity contribution in [3.8, 4) is 17.1 Å². The third-order valence-corrected chi connectivity index (χ3v) is 4.81. The Bertz CT molecular complexity index is 860. The number of rotatable bonds is 6. The van der Waals surface area contributed by atoms with Crippen LogP contribution in [0, 0.1) is 12.8 Å². The SMILES string of the molecule is Cc1nnc(CN2CCC(COc3cc(-c4ccccc4)ncn3)CC2)o1. The van der Waals surface area contributed by atoms with Crippen molar-refractivity contribution in [3.05, 3.63) is 54.5 Å². The van der Waals surface area contributed by atoms with Crippen molar-refractivity contribution in [2.45, 2.75) is 26.3 Å². The standard InChI is InChI=1S/C20H23N5O2/c1-15-23-24-20(27-15)12-25-9-7-16(8-10-25)13-26-19-11-18(21-14-22-19)17-5-3-2-4-6-17/h2-6,11,14,16H,7-10,12-13H2,1H3. The smallest absolute Gasteiger partial charge is 0.230 e. The molecule has 1 aliphatic heterocycles. The highest BCUT2D eigenvalue weighted by Crippen LogP contribution is 2.22. The summed E-state index contributed by atoms with van der Waals surface area (Å²) >= 11 is 0. The average Bonchev–Trinajstić information content (AvgIpc) is 3.13. The molecule has 1 aromatic carbocycles. The molecule has 140 valence electrons. The first-order chi connectivity index (χ1) is 13.3. The van der Waals surface area contributed by atoms with Crippen molar-refractivity contribution in [2.75, 3.05) is 19.7 Å². The molecule has 7 nitrogen and oxygen atoms in total. The summed E-state index contributed by atoms with van der Waals surface area (Å²) in [5.74, 6) is 2.47. The van der Waals surface area contributed by atoms with Crippen LogP contribution in [0.4, 0.5) is 0 Å². The van der Waals surface area contributed by atoms with Crippen molar-refractivity contribution in [3.63, 3.8) is 0 Å². The van der Waals surface area contributed by atoms with Crippen LogP contribution in [0.25, 0.3) is 11.3 Å². The molecule has 0 radical (unpaired) electrons. The molecule has 0 bridgehead atoms. The Hall–Kier alpha value is -2.80. The highest BCUT2D eigenvalue weighted by molar-refractivity contribution is 5.59. The van der Waals surface area contributed by atoms with Crippen molar-refractivity contribution in [1.82, 2.24) is 25.1 Å². The summed E-state index contributed by atoms with van der Waals surface area (Å²) in [6, 6.07) is 12.0. The summed E-state index contributed by atoms with van der Waals surface area (Å²) in [5.41, 5.74) is 1.94. The molecule has 27 heavy (non-hydrogen) atoms. The third kappa shape index (κ3) is 4.68. The molecule has 0 saturated carbocycles. The summed E-state index contributed by atoms with van der Waals surface area (Å²) in [7, 11) is 0. The van der Waals surface area contributed by atoms with Crippen LogP contribution in [-0.2, 0) is 6.54 Å². The number of aromatic nitrogens is 4. The fourth-order valence-corrected chi connectivity index (χ4v) is 3.29. The monoisotopic (exact) mass is 365 g/mol. The minimum atomic E-state index is 0.529. The van der Waals surface area contributed by atoms with E-state index in [0.717, 1.165) is 43.7 Å². The van der Waals surface area contributed by atoms with Gasteiger partial charge in [-0.2, -0.15) is 0 Å². The lowest BCUT2D eigenvalue weighted by Gasteiger charge is -2.30. The highest BCUT2D eigenvalue weighted by atomic mass is 16.5.